The number of benzene rings is 1. The topological polar surface area (TPSA) is 79.8 Å². The van der Waals surface area contributed by atoms with Crippen molar-refractivity contribution in [2.24, 2.45) is 4.99 Å². The van der Waals surface area contributed by atoms with Gasteiger partial charge in [0.2, 0.25) is 0 Å². The van der Waals surface area contributed by atoms with Crippen LogP contribution in [0.3, 0.4) is 0 Å². The van der Waals surface area contributed by atoms with E-state index in [4.69, 9.17) is 23.2 Å². The minimum absolute atomic E-state index is 0. The summed E-state index contributed by atoms with van der Waals surface area (Å²) in [7, 11) is -3.11. The number of alkyl halides is 2. The number of aliphatic imine (C=N–C) groups is 1. The lowest BCUT2D eigenvalue weighted by atomic mass is 10.2. The minimum Gasteiger partial charge on any atom is -0.433 e. The fraction of sp³-hybridized carbons (Fsp3) is 0.533. The molecule has 1 rings (SSSR count). The molecule has 0 saturated carbocycles. The Balaban J connectivity index is 0.00000676. The zero-order chi connectivity index (χ0) is 19.7. The number of nitrogens with zero attached hydrogens (tertiary/aromatic N) is 1. The maximum Gasteiger partial charge on any atom is 0.387 e. The van der Waals surface area contributed by atoms with Crippen molar-refractivity contribution in [2.75, 3.05) is 24.6 Å². The van der Waals surface area contributed by atoms with E-state index in [2.05, 4.69) is 20.4 Å². The molecule has 0 amide bonds. The van der Waals surface area contributed by atoms with Crippen molar-refractivity contribution in [3.63, 3.8) is 0 Å². The molecule has 0 fully saturated rings. The van der Waals surface area contributed by atoms with Crippen LogP contribution in [-0.4, -0.2) is 45.6 Å². The Hall–Kier alpha value is -0.590. The molecule has 0 radical (unpaired) electrons. The largest absolute Gasteiger partial charge is 0.433 e. The summed E-state index contributed by atoms with van der Waals surface area (Å²) in [6, 6.07) is 2.73. The Morgan fingerprint density at radius 2 is 1.93 bits per heavy atom. The van der Waals surface area contributed by atoms with Crippen molar-refractivity contribution in [3.05, 3.63) is 27.7 Å². The molecule has 0 atom stereocenters. The average molecular weight is 560 g/mol. The van der Waals surface area contributed by atoms with Crippen LogP contribution < -0.4 is 15.4 Å². The van der Waals surface area contributed by atoms with Gasteiger partial charge in [-0.3, -0.25) is 0 Å². The van der Waals surface area contributed by atoms with Crippen LogP contribution in [0.5, 0.6) is 5.75 Å². The number of ether oxygens (including phenoxy) is 1. The lowest BCUT2D eigenvalue weighted by molar-refractivity contribution is -0.0503. The molecule has 1 aromatic carbocycles. The molecule has 6 nitrogen and oxygen atoms in total. The van der Waals surface area contributed by atoms with Gasteiger partial charge in [-0.15, -0.1) is 24.0 Å². The highest BCUT2D eigenvalue weighted by atomic mass is 127. The fourth-order valence-corrected chi connectivity index (χ4v) is 3.21. The van der Waals surface area contributed by atoms with Gasteiger partial charge in [0.25, 0.3) is 0 Å². The molecule has 0 aliphatic carbocycles. The van der Waals surface area contributed by atoms with Gasteiger partial charge in [-0.25, -0.2) is 13.4 Å². The van der Waals surface area contributed by atoms with E-state index in [0.29, 0.717) is 12.5 Å². The molecular weight excluding hydrogens is 538 g/mol. The second-order valence-electron chi connectivity index (χ2n) is 5.11. The van der Waals surface area contributed by atoms with E-state index in [1.165, 1.54) is 12.1 Å². The lowest BCUT2D eigenvalue weighted by Crippen LogP contribution is -2.39. The molecule has 1 aromatic rings. The standard InChI is InChI=1S/C15H21Cl2F2N3O3S.HI/c1-3-20-15(21-5-6-26(23,24)4-2)22-9-10-7-11(16)8-12(17)13(10)25-14(18)19;/h7-8,14H,3-6,9H2,1-2H3,(H2,20,21,22);1H. The monoisotopic (exact) mass is 559 g/mol. The summed E-state index contributed by atoms with van der Waals surface area (Å²) in [5, 5.41) is 6.02. The minimum atomic E-state index is -3.11. The second-order valence-corrected chi connectivity index (χ2v) is 8.43. The third-order valence-electron chi connectivity index (χ3n) is 3.19. The van der Waals surface area contributed by atoms with Crippen molar-refractivity contribution in [3.8, 4) is 5.75 Å². The van der Waals surface area contributed by atoms with Crippen LogP contribution in [-0.2, 0) is 16.4 Å². The van der Waals surface area contributed by atoms with Crippen LogP contribution in [0.2, 0.25) is 10.0 Å². The van der Waals surface area contributed by atoms with Crippen molar-refractivity contribution in [2.45, 2.75) is 27.0 Å². The number of guanidine groups is 1. The summed E-state index contributed by atoms with van der Waals surface area (Å²) in [4.78, 5) is 4.24. The summed E-state index contributed by atoms with van der Waals surface area (Å²) in [5.41, 5.74) is 0.279. The van der Waals surface area contributed by atoms with E-state index in [9.17, 15) is 17.2 Å². The highest BCUT2D eigenvalue weighted by molar-refractivity contribution is 14.0. The molecule has 0 unspecified atom stereocenters. The molecule has 0 aliphatic rings. The van der Waals surface area contributed by atoms with E-state index in [1.807, 2.05) is 6.92 Å². The van der Waals surface area contributed by atoms with Crippen molar-refractivity contribution in [1.29, 1.82) is 0 Å². The van der Waals surface area contributed by atoms with Gasteiger partial charge in [-0.2, -0.15) is 8.78 Å². The third kappa shape index (κ3) is 9.95. The summed E-state index contributed by atoms with van der Waals surface area (Å²) < 4.78 is 52.7. The van der Waals surface area contributed by atoms with Crippen LogP contribution in [0.4, 0.5) is 8.78 Å². The molecule has 0 saturated heterocycles. The Morgan fingerprint density at radius 1 is 1.26 bits per heavy atom. The Morgan fingerprint density at radius 3 is 2.48 bits per heavy atom. The molecule has 0 aliphatic heterocycles. The molecule has 0 spiro atoms. The first-order chi connectivity index (χ1) is 12.2. The van der Waals surface area contributed by atoms with Crippen LogP contribution in [0, 0.1) is 0 Å². The second kappa shape index (κ2) is 12.8. The normalized spacial score (nSPS) is 11.9. The first-order valence-corrected chi connectivity index (χ1v) is 10.4. The number of hydrogen-bond donors (Lipinski definition) is 2. The maximum atomic E-state index is 12.6. The fourth-order valence-electron chi connectivity index (χ4n) is 1.93. The van der Waals surface area contributed by atoms with Crippen molar-refractivity contribution >= 4 is 63.0 Å². The first kappa shape index (κ1) is 26.4. The summed E-state index contributed by atoms with van der Waals surface area (Å²) in [5.74, 6) is 0.145. The predicted octanol–water partition coefficient (Wildman–Crippen LogP) is 3.70. The first-order valence-electron chi connectivity index (χ1n) is 7.83. The van der Waals surface area contributed by atoms with E-state index >= 15 is 0 Å². The van der Waals surface area contributed by atoms with Gasteiger partial charge >= 0.3 is 6.61 Å². The van der Waals surface area contributed by atoms with Gasteiger partial charge < -0.3 is 15.4 Å². The molecule has 12 heteroatoms. The van der Waals surface area contributed by atoms with Crippen LogP contribution in [0.15, 0.2) is 17.1 Å². The molecular formula is C15H22Cl2F2IN3O3S. The van der Waals surface area contributed by atoms with E-state index in [-0.39, 0.29) is 69.9 Å². The number of rotatable bonds is 9. The lowest BCUT2D eigenvalue weighted by Gasteiger charge is -2.14. The maximum absolute atomic E-state index is 12.6. The zero-order valence-electron chi connectivity index (χ0n) is 14.8. The smallest absolute Gasteiger partial charge is 0.387 e. The number of sulfone groups is 1. The summed E-state index contributed by atoms with van der Waals surface area (Å²) >= 11 is 11.8. The Labute approximate surface area is 185 Å². The highest BCUT2D eigenvalue weighted by Gasteiger charge is 2.15. The van der Waals surface area contributed by atoms with Crippen LogP contribution in [0.25, 0.3) is 0 Å². The molecule has 27 heavy (non-hydrogen) atoms. The molecule has 2 N–H and O–H groups in total. The van der Waals surface area contributed by atoms with Gasteiger partial charge in [-0.05, 0) is 19.1 Å². The third-order valence-corrected chi connectivity index (χ3v) is 5.39. The number of hydrogen-bond acceptors (Lipinski definition) is 4. The van der Waals surface area contributed by atoms with Gasteiger partial charge in [-0.1, -0.05) is 30.1 Å². The predicted molar refractivity (Wildman–Crippen MR) is 116 cm³/mol. The number of halogens is 5. The highest BCUT2D eigenvalue weighted by Crippen LogP contribution is 2.34. The zero-order valence-corrected chi connectivity index (χ0v) is 19.4. The molecule has 156 valence electrons. The van der Waals surface area contributed by atoms with Crippen LogP contribution >= 0.6 is 47.2 Å². The summed E-state index contributed by atoms with van der Waals surface area (Å²) in [6.07, 6.45) is 0. The van der Waals surface area contributed by atoms with E-state index in [0.717, 1.165) is 0 Å². The van der Waals surface area contributed by atoms with E-state index in [1.54, 1.807) is 6.92 Å². The molecule has 0 bridgehead atoms. The number of nitrogens with one attached hydrogen (secondary N) is 2. The molecule has 0 heterocycles. The van der Waals surface area contributed by atoms with Crippen molar-refractivity contribution in [1.82, 2.24) is 10.6 Å². The Kier molecular flexibility index (Phi) is 12.5. The summed E-state index contributed by atoms with van der Waals surface area (Å²) in [6.45, 7) is 1.02. The Bertz CT molecular complexity index is 737. The average Bonchev–Trinajstić information content (AvgIpc) is 2.55. The SMILES string of the molecule is CCNC(=NCc1cc(Cl)cc(Cl)c1OC(F)F)NCCS(=O)(=O)CC.I. The van der Waals surface area contributed by atoms with Gasteiger partial charge in [0.15, 0.2) is 15.8 Å². The van der Waals surface area contributed by atoms with Gasteiger partial charge in [0, 0.05) is 29.4 Å². The van der Waals surface area contributed by atoms with E-state index < -0.39 is 16.4 Å². The quantitative estimate of drug-likeness (QED) is 0.274. The van der Waals surface area contributed by atoms with Gasteiger partial charge in [0.05, 0.1) is 17.3 Å². The van der Waals surface area contributed by atoms with Crippen LogP contribution in [0.1, 0.15) is 19.4 Å². The van der Waals surface area contributed by atoms with Crippen molar-refractivity contribution < 1.29 is 21.9 Å². The van der Waals surface area contributed by atoms with Gasteiger partial charge in [0.1, 0.15) is 5.75 Å². The molecule has 0 aromatic heterocycles.